The Labute approximate surface area is 108 Å². The van der Waals surface area contributed by atoms with Crippen LogP contribution in [-0.4, -0.2) is 36.7 Å². The molecule has 0 saturated heterocycles. The van der Waals surface area contributed by atoms with Gasteiger partial charge in [-0.05, 0) is 38.2 Å². The fourth-order valence-corrected chi connectivity index (χ4v) is 1.80. The van der Waals surface area contributed by atoms with Gasteiger partial charge in [-0.1, -0.05) is 19.1 Å². The Kier molecular flexibility index (Phi) is 5.65. The summed E-state index contributed by atoms with van der Waals surface area (Å²) in [4.78, 5) is 12.8. The highest BCUT2D eigenvalue weighted by Crippen LogP contribution is 2.25. The maximum Gasteiger partial charge on any atom is 0.305 e. The molecule has 1 aromatic rings. The molecule has 0 bridgehead atoms. The molecule has 0 fully saturated rings. The van der Waals surface area contributed by atoms with E-state index >= 15 is 0 Å². The minimum absolute atomic E-state index is 0.0875. The van der Waals surface area contributed by atoms with Gasteiger partial charge < -0.3 is 14.7 Å². The molecule has 4 heteroatoms. The monoisotopic (exact) mass is 251 g/mol. The highest BCUT2D eigenvalue weighted by atomic mass is 16.5. The van der Waals surface area contributed by atoms with Crippen molar-refractivity contribution in [2.45, 2.75) is 25.8 Å². The maximum absolute atomic E-state index is 10.9. The van der Waals surface area contributed by atoms with E-state index < -0.39 is 5.97 Å². The summed E-state index contributed by atoms with van der Waals surface area (Å²) < 4.78 is 5.56. The molecule has 0 heterocycles. The largest absolute Gasteiger partial charge is 0.494 e. The van der Waals surface area contributed by atoms with Crippen LogP contribution in [0.4, 0.5) is 0 Å². The third-order valence-corrected chi connectivity index (χ3v) is 2.71. The second-order valence-corrected chi connectivity index (χ2v) is 4.50. The first kappa shape index (κ1) is 14.5. The summed E-state index contributed by atoms with van der Waals surface area (Å²) in [6.07, 6.45) is 1.04. The van der Waals surface area contributed by atoms with Gasteiger partial charge in [0.25, 0.3) is 0 Å². The number of benzene rings is 1. The van der Waals surface area contributed by atoms with Crippen molar-refractivity contribution < 1.29 is 14.6 Å². The number of rotatable bonds is 7. The van der Waals surface area contributed by atoms with Gasteiger partial charge in [0.1, 0.15) is 5.75 Å². The standard InChI is InChI=1S/C14H21NO3/c1-4-8-18-12-7-5-6-11(9-12)13(15(2)3)10-14(16)17/h5-7,9,13H,4,8,10H2,1-3H3,(H,16,17). The Balaban J connectivity index is 2.87. The summed E-state index contributed by atoms with van der Waals surface area (Å²) in [6.45, 7) is 2.73. The predicted molar refractivity (Wildman–Crippen MR) is 70.9 cm³/mol. The van der Waals surface area contributed by atoms with Crippen molar-refractivity contribution in [3.05, 3.63) is 29.8 Å². The molecule has 1 unspecified atom stereocenters. The maximum atomic E-state index is 10.9. The van der Waals surface area contributed by atoms with Crippen molar-refractivity contribution in [2.75, 3.05) is 20.7 Å². The van der Waals surface area contributed by atoms with Gasteiger partial charge in [-0.25, -0.2) is 0 Å². The number of hydrogen-bond donors (Lipinski definition) is 1. The third-order valence-electron chi connectivity index (χ3n) is 2.71. The molecule has 4 nitrogen and oxygen atoms in total. The number of carboxylic acid groups (broad SMARTS) is 1. The number of aliphatic carboxylic acids is 1. The average Bonchev–Trinajstić information content (AvgIpc) is 2.33. The van der Waals surface area contributed by atoms with E-state index in [-0.39, 0.29) is 12.5 Å². The molecular formula is C14H21NO3. The van der Waals surface area contributed by atoms with Crippen LogP contribution < -0.4 is 4.74 Å². The van der Waals surface area contributed by atoms with E-state index in [1.807, 2.05) is 43.3 Å². The van der Waals surface area contributed by atoms with Crippen LogP contribution in [0.5, 0.6) is 5.75 Å². The van der Waals surface area contributed by atoms with Gasteiger partial charge in [0, 0.05) is 6.04 Å². The van der Waals surface area contributed by atoms with E-state index in [0.717, 1.165) is 17.7 Å². The molecule has 0 aromatic heterocycles. The zero-order chi connectivity index (χ0) is 13.5. The third kappa shape index (κ3) is 4.37. The Bertz CT molecular complexity index is 390. The van der Waals surface area contributed by atoms with Crippen molar-refractivity contribution in [3.63, 3.8) is 0 Å². The molecule has 1 rings (SSSR count). The minimum atomic E-state index is -0.798. The molecule has 0 aliphatic rings. The van der Waals surface area contributed by atoms with Gasteiger partial charge in [-0.2, -0.15) is 0 Å². The molecule has 1 N–H and O–H groups in total. The lowest BCUT2D eigenvalue weighted by Crippen LogP contribution is -2.22. The number of nitrogens with zero attached hydrogens (tertiary/aromatic N) is 1. The number of ether oxygens (including phenoxy) is 1. The summed E-state index contributed by atoms with van der Waals surface area (Å²) in [6, 6.07) is 7.52. The van der Waals surface area contributed by atoms with Crippen LogP contribution in [0, 0.1) is 0 Å². The molecule has 1 aromatic carbocycles. The first-order valence-electron chi connectivity index (χ1n) is 6.15. The second-order valence-electron chi connectivity index (χ2n) is 4.50. The number of carbonyl (C=O) groups is 1. The van der Waals surface area contributed by atoms with Crippen LogP contribution in [-0.2, 0) is 4.79 Å². The zero-order valence-electron chi connectivity index (χ0n) is 11.2. The van der Waals surface area contributed by atoms with Gasteiger partial charge >= 0.3 is 5.97 Å². The normalized spacial score (nSPS) is 12.4. The minimum Gasteiger partial charge on any atom is -0.494 e. The highest BCUT2D eigenvalue weighted by molar-refractivity contribution is 5.68. The molecule has 0 saturated carbocycles. The molecule has 0 aliphatic carbocycles. The van der Waals surface area contributed by atoms with Crippen molar-refractivity contribution in [1.82, 2.24) is 4.90 Å². The van der Waals surface area contributed by atoms with Crippen LogP contribution in [0.2, 0.25) is 0 Å². The van der Waals surface area contributed by atoms with Crippen LogP contribution >= 0.6 is 0 Å². The Morgan fingerprint density at radius 2 is 2.17 bits per heavy atom. The topological polar surface area (TPSA) is 49.8 Å². The lowest BCUT2D eigenvalue weighted by atomic mass is 10.0. The number of hydrogen-bond acceptors (Lipinski definition) is 3. The molecule has 0 spiro atoms. The molecule has 0 amide bonds. The first-order chi connectivity index (χ1) is 8.54. The Morgan fingerprint density at radius 1 is 1.44 bits per heavy atom. The van der Waals surface area contributed by atoms with E-state index in [1.54, 1.807) is 0 Å². The lowest BCUT2D eigenvalue weighted by molar-refractivity contribution is -0.138. The highest BCUT2D eigenvalue weighted by Gasteiger charge is 2.18. The summed E-state index contributed by atoms with van der Waals surface area (Å²) in [5.74, 6) is 0.000156. The van der Waals surface area contributed by atoms with Crippen molar-refractivity contribution in [2.24, 2.45) is 0 Å². The van der Waals surface area contributed by atoms with Crippen molar-refractivity contribution >= 4 is 5.97 Å². The first-order valence-corrected chi connectivity index (χ1v) is 6.15. The second kappa shape index (κ2) is 7.01. The van der Waals surface area contributed by atoms with E-state index in [0.29, 0.717) is 6.61 Å². The van der Waals surface area contributed by atoms with Crippen molar-refractivity contribution in [1.29, 1.82) is 0 Å². The summed E-state index contributed by atoms with van der Waals surface area (Å²) in [5.41, 5.74) is 0.969. The molecule has 0 aliphatic heterocycles. The van der Waals surface area contributed by atoms with Crippen LogP contribution in [0.1, 0.15) is 31.4 Å². The van der Waals surface area contributed by atoms with Gasteiger partial charge in [0.15, 0.2) is 0 Å². The molecule has 1 atom stereocenters. The summed E-state index contributed by atoms with van der Waals surface area (Å²) >= 11 is 0. The summed E-state index contributed by atoms with van der Waals surface area (Å²) in [7, 11) is 3.76. The van der Waals surface area contributed by atoms with E-state index in [2.05, 4.69) is 6.92 Å². The molecule has 0 radical (unpaired) electrons. The quantitative estimate of drug-likeness (QED) is 0.809. The molecule has 18 heavy (non-hydrogen) atoms. The lowest BCUT2D eigenvalue weighted by Gasteiger charge is -2.23. The van der Waals surface area contributed by atoms with Gasteiger partial charge in [0.2, 0.25) is 0 Å². The predicted octanol–water partition coefficient (Wildman–Crippen LogP) is 2.55. The average molecular weight is 251 g/mol. The Morgan fingerprint density at radius 3 is 2.72 bits per heavy atom. The van der Waals surface area contributed by atoms with Crippen molar-refractivity contribution in [3.8, 4) is 5.75 Å². The van der Waals surface area contributed by atoms with Gasteiger partial charge in [0.05, 0.1) is 13.0 Å². The SMILES string of the molecule is CCCOc1cccc(C(CC(=O)O)N(C)C)c1. The zero-order valence-corrected chi connectivity index (χ0v) is 11.2. The van der Waals surface area contributed by atoms with Gasteiger partial charge in [-0.15, -0.1) is 0 Å². The number of carboxylic acids is 1. The van der Waals surface area contributed by atoms with E-state index in [4.69, 9.17) is 9.84 Å². The smallest absolute Gasteiger partial charge is 0.305 e. The van der Waals surface area contributed by atoms with Crippen LogP contribution in [0.25, 0.3) is 0 Å². The van der Waals surface area contributed by atoms with E-state index in [9.17, 15) is 4.79 Å². The van der Waals surface area contributed by atoms with Crippen LogP contribution in [0.3, 0.4) is 0 Å². The molecular weight excluding hydrogens is 230 g/mol. The fraction of sp³-hybridized carbons (Fsp3) is 0.500. The Hall–Kier alpha value is -1.55. The van der Waals surface area contributed by atoms with E-state index in [1.165, 1.54) is 0 Å². The van der Waals surface area contributed by atoms with Gasteiger partial charge in [-0.3, -0.25) is 4.79 Å². The fourth-order valence-electron chi connectivity index (χ4n) is 1.80. The van der Waals surface area contributed by atoms with Crippen LogP contribution in [0.15, 0.2) is 24.3 Å². The molecule has 100 valence electrons. The summed E-state index contributed by atoms with van der Waals surface area (Å²) in [5, 5.41) is 8.95.